The quantitative estimate of drug-likeness (QED) is 0.731. The van der Waals surface area contributed by atoms with Gasteiger partial charge in [0.2, 0.25) is 11.9 Å². The Morgan fingerprint density at radius 2 is 1.89 bits per heavy atom. The lowest BCUT2D eigenvalue weighted by Crippen LogP contribution is -2.33. The highest BCUT2D eigenvalue weighted by Crippen LogP contribution is 2.23. The molecule has 0 aliphatic carbocycles. The number of nitrogens with one attached hydrogen (secondary N) is 1. The van der Waals surface area contributed by atoms with Crippen molar-refractivity contribution in [1.82, 2.24) is 14.8 Å². The van der Waals surface area contributed by atoms with Gasteiger partial charge in [0.1, 0.15) is 18.2 Å². The third kappa shape index (κ3) is 3.93. The number of rotatable bonds is 5. The zero-order valence-corrected chi connectivity index (χ0v) is 15.1. The second-order valence-corrected chi connectivity index (χ2v) is 6.78. The SMILES string of the molecule is O=C1C(Nc2ncn(Cc3ccc(Cl)cc3)n2)CCN1c1ccc(F)cc1. The van der Waals surface area contributed by atoms with Crippen LogP contribution < -0.4 is 10.2 Å². The van der Waals surface area contributed by atoms with Crippen LogP contribution in [0.2, 0.25) is 5.02 Å². The first-order chi connectivity index (χ1) is 13.1. The molecule has 1 saturated heterocycles. The predicted molar refractivity (Wildman–Crippen MR) is 101 cm³/mol. The summed E-state index contributed by atoms with van der Waals surface area (Å²) >= 11 is 5.89. The summed E-state index contributed by atoms with van der Waals surface area (Å²) in [5.41, 5.74) is 1.74. The van der Waals surface area contributed by atoms with E-state index in [1.54, 1.807) is 28.0 Å². The van der Waals surface area contributed by atoms with E-state index in [4.69, 9.17) is 11.6 Å². The maximum atomic E-state index is 13.1. The first kappa shape index (κ1) is 17.5. The first-order valence-corrected chi connectivity index (χ1v) is 8.94. The molecule has 2 heterocycles. The zero-order chi connectivity index (χ0) is 18.8. The Labute approximate surface area is 160 Å². The summed E-state index contributed by atoms with van der Waals surface area (Å²) in [5, 5.41) is 8.15. The van der Waals surface area contributed by atoms with Gasteiger partial charge < -0.3 is 10.2 Å². The second kappa shape index (κ2) is 7.36. The molecule has 1 unspecified atom stereocenters. The molecule has 1 N–H and O–H groups in total. The maximum Gasteiger partial charge on any atom is 0.249 e. The van der Waals surface area contributed by atoms with Gasteiger partial charge in [-0.1, -0.05) is 23.7 Å². The van der Waals surface area contributed by atoms with E-state index >= 15 is 0 Å². The molecule has 4 rings (SSSR count). The molecule has 1 atom stereocenters. The van der Waals surface area contributed by atoms with Gasteiger partial charge in [0.15, 0.2) is 0 Å². The van der Waals surface area contributed by atoms with Gasteiger partial charge in [0, 0.05) is 17.3 Å². The summed E-state index contributed by atoms with van der Waals surface area (Å²) in [4.78, 5) is 18.5. The van der Waals surface area contributed by atoms with Crippen LogP contribution >= 0.6 is 11.6 Å². The van der Waals surface area contributed by atoms with E-state index in [-0.39, 0.29) is 11.7 Å². The van der Waals surface area contributed by atoms with E-state index in [1.807, 2.05) is 24.3 Å². The van der Waals surface area contributed by atoms with Crippen molar-refractivity contribution in [2.75, 3.05) is 16.8 Å². The van der Waals surface area contributed by atoms with Crippen LogP contribution in [0.5, 0.6) is 0 Å². The maximum absolute atomic E-state index is 13.1. The van der Waals surface area contributed by atoms with Gasteiger partial charge in [-0.2, -0.15) is 0 Å². The molecular formula is C19H17ClFN5O. The first-order valence-electron chi connectivity index (χ1n) is 8.56. The summed E-state index contributed by atoms with van der Waals surface area (Å²) in [5.74, 6) is 0.00873. The molecule has 6 nitrogen and oxygen atoms in total. The average molecular weight is 386 g/mol. The number of nitrogens with zero attached hydrogens (tertiary/aromatic N) is 4. The van der Waals surface area contributed by atoms with Crippen LogP contribution in [0, 0.1) is 5.82 Å². The van der Waals surface area contributed by atoms with Gasteiger partial charge in [-0.3, -0.25) is 4.79 Å². The number of aromatic nitrogens is 3. The topological polar surface area (TPSA) is 63.1 Å². The van der Waals surface area contributed by atoms with Crippen LogP contribution in [0.4, 0.5) is 16.0 Å². The molecule has 0 saturated carbocycles. The van der Waals surface area contributed by atoms with Crippen molar-refractivity contribution in [3.63, 3.8) is 0 Å². The molecule has 1 aliphatic rings. The number of hydrogen-bond donors (Lipinski definition) is 1. The van der Waals surface area contributed by atoms with E-state index < -0.39 is 6.04 Å². The Morgan fingerprint density at radius 1 is 1.15 bits per heavy atom. The minimum atomic E-state index is -0.401. The predicted octanol–water partition coefficient (Wildman–Crippen LogP) is 3.34. The van der Waals surface area contributed by atoms with E-state index in [0.29, 0.717) is 36.2 Å². The van der Waals surface area contributed by atoms with Crippen LogP contribution in [-0.2, 0) is 11.3 Å². The van der Waals surface area contributed by atoms with Gasteiger partial charge in [-0.05, 0) is 48.4 Å². The Morgan fingerprint density at radius 3 is 2.63 bits per heavy atom. The van der Waals surface area contributed by atoms with Crippen molar-refractivity contribution in [2.45, 2.75) is 19.0 Å². The Bertz CT molecular complexity index is 941. The number of halogens is 2. The molecule has 1 fully saturated rings. The van der Waals surface area contributed by atoms with Gasteiger partial charge >= 0.3 is 0 Å². The number of carbonyl (C=O) groups excluding carboxylic acids is 1. The lowest BCUT2D eigenvalue weighted by molar-refractivity contribution is -0.117. The molecule has 0 spiro atoms. The highest BCUT2D eigenvalue weighted by atomic mass is 35.5. The lowest BCUT2D eigenvalue weighted by atomic mass is 10.2. The van der Waals surface area contributed by atoms with Crippen molar-refractivity contribution >= 4 is 29.1 Å². The van der Waals surface area contributed by atoms with E-state index in [9.17, 15) is 9.18 Å². The smallest absolute Gasteiger partial charge is 0.249 e. The van der Waals surface area contributed by atoms with Crippen molar-refractivity contribution in [3.05, 3.63) is 71.3 Å². The highest BCUT2D eigenvalue weighted by Gasteiger charge is 2.33. The number of benzene rings is 2. The van der Waals surface area contributed by atoms with Crippen molar-refractivity contribution in [3.8, 4) is 0 Å². The summed E-state index contributed by atoms with van der Waals surface area (Å²) in [6.45, 7) is 1.12. The Hall–Kier alpha value is -2.93. The summed E-state index contributed by atoms with van der Waals surface area (Å²) < 4.78 is 14.8. The second-order valence-electron chi connectivity index (χ2n) is 6.34. The van der Waals surface area contributed by atoms with Crippen LogP contribution in [-0.4, -0.2) is 33.3 Å². The molecule has 8 heteroatoms. The fraction of sp³-hybridized carbons (Fsp3) is 0.211. The average Bonchev–Trinajstić information content (AvgIpc) is 3.25. The lowest BCUT2D eigenvalue weighted by Gasteiger charge is -2.16. The van der Waals surface area contributed by atoms with Crippen LogP contribution in [0.3, 0.4) is 0 Å². The molecule has 27 heavy (non-hydrogen) atoms. The molecule has 1 aliphatic heterocycles. The van der Waals surface area contributed by atoms with Crippen LogP contribution in [0.15, 0.2) is 54.9 Å². The largest absolute Gasteiger partial charge is 0.341 e. The van der Waals surface area contributed by atoms with Gasteiger partial charge in [-0.15, -0.1) is 5.10 Å². The molecule has 1 aromatic heterocycles. The van der Waals surface area contributed by atoms with E-state index in [1.165, 1.54) is 12.1 Å². The fourth-order valence-corrected chi connectivity index (χ4v) is 3.19. The van der Waals surface area contributed by atoms with E-state index in [2.05, 4.69) is 15.4 Å². The molecular weight excluding hydrogens is 369 g/mol. The summed E-state index contributed by atoms with van der Waals surface area (Å²) in [6, 6.07) is 13.0. The minimum absolute atomic E-state index is 0.0735. The molecule has 0 bridgehead atoms. The van der Waals surface area contributed by atoms with Crippen LogP contribution in [0.1, 0.15) is 12.0 Å². The van der Waals surface area contributed by atoms with Crippen molar-refractivity contribution in [1.29, 1.82) is 0 Å². The molecule has 1 amide bonds. The third-order valence-corrected chi connectivity index (χ3v) is 4.69. The van der Waals surface area contributed by atoms with E-state index in [0.717, 1.165) is 5.56 Å². The number of hydrogen-bond acceptors (Lipinski definition) is 4. The highest BCUT2D eigenvalue weighted by molar-refractivity contribution is 6.30. The zero-order valence-electron chi connectivity index (χ0n) is 14.3. The Kier molecular flexibility index (Phi) is 4.77. The Balaban J connectivity index is 1.39. The molecule has 2 aromatic carbocycles. The summed E-state index contributed by atoms with van der Waals surface area (Å²) in [7, 11) is 0. The monoisotopic (exact) mass is 385 g/mol. The number of amides is 1. The third-order valence-electron chi connectivity index (χ3n) is 4.44. The van der Waals surface area contributed by atoms with Gasteiger partial charge in [0.25, 0.3) is 0 Å². The van der Waals surface area contributed by atoms with Crippen molar-refractivity contribution < 1.29 is 9.18 Å². The van der Waals surface area contributed by atoms with Crippen molar-refractivity contribution in [2.24, 2.45) is 0 Å². The molecule has 3 aromatic rings. The van der Waals surface area contributed by atoms with Crippen LogP contribution in [0.25, 0.3) is 0 Å². The normalized spacial score (nSPS) is 16.7. The summed E-state index contributed by atoms with van der Waals surface area (Å²) in [6.07, 6.45) is 2.25. The number of anilines is 2. The van der Waals surface area contributed by atoms with Gasteiger partial charge in [-0.25, -0.2) is 14.1 Å². The molecule has 0 radical (unpaired) electrons. The molecule has 138 valence electrons. The standard InChI is InChI=1S/C19H17ClFN5O/c20-14-3-1-13(2-4-14)11-25-12-22-19(24-25)23-17-9-10-26(18(17)27)16-7-5-15(21)6-8-16/h1-8,12,17H,9-11H2,(H,23,24). The minimum Gasteiger partial charge on any atom is -0.341 e. The fourth-order valence-electron chi connectivity index (χ4n) is 3.06. The van der Waals surface area contributed by atoms with Gasteiger partial charge in [0.05, 0.1) is 6.54 Å². The number of carbonyl (C=O) groups is 1.